The summed E-state index contributed by atoms with van der Waals surface area (Å²) < 4.78 is 7.23. The molecule has 0 spiro atoms. The first kappa shape index (κ1) is 23.9. The molecule has 1 aliphatic heterocycles. The van der Waals surface area contributed by atoms with E-state index >= 15 is 0 Å². The van der Waals surface area contributed by atoms with Crippen LogP contribution in [0.25, 0.3) is 0 Å². The third-order valence-electron chi connectivity index (χ3n) is 5.99. The second-order valence-electron chi connectivity index (χ2n) is 8.69. The number of aromatic nitrogens is 3. The Morgan fingerprint density at radius 2 is 1.68 bits per heavy atom. The molecule has 2 N–H and O–H groups in total. The largest absolute Gasteiger partial charge is 0.486 e. The highest BCUT2D eigenvalue weighted by molar-refractivity contribution is 8.00. The summed E-state index contributed by atoms with van der Waals surface area (Å²) in [6.07, 6.45) is 0. The van der Waals surface area contributed by atoms with Gasteiger partial charge < -0.3 is 20.4 Å². The van der Waals surface area contributed by atoms with Crippen LogP contribution in [0.5, 0.6) is 5.75 Å². The molecule has 2 aromatic carbocycles. The van der Waals surface area contributed by atoms with Gasteiger partial charge in [0.15, 0.2) is 5.82 Å². The van der Waals surface area contributed by atoms with Crippen LogP contribution < -0.4 is 15.5 Å². The van der Waals surface area contributed by atoms with Gasteiger partial charge in [-0.3, -0.25) is 4.79 Å². The predicted octanol–water partition coefficient (Wildman–Crippen LogP) is 3.52. The lowest BCUT2D eigenvalue weighted by Gasteiger charge is -2.37. The number of carbonyl (C=O) groups is 1. The highest BCUT2D eigenvalue weighted by Gasteiger charge is 2.27. The molecule has 9 heteroatoms. The van der Waals surface area contributed by atoms with Crippen LogP contribution in [0, 0.1) is 0 Å². The molecule has 1 fully saturated rings. The second-order valence-corrected chi connectivity index (χ2v) is 10.00. The minimum atomic E-state index is -0.313. The molecular formula is C25H32N6O2S. The summed E-state index contributed by atoms with van der Waals surface area (Å²) in [6, 6.07) is 18.3. The number of hydrogen-bond donors (Lipinski definition) is 1. The van der Waals surface area contributed by atoms with Crippen molar-refractivity contribution in [2.24, 2.45) is 0 Å². The number of rotatable bonds is 8. The van der Waals surface area contributed by atoms with Gasteiger partial charge in [-0.05, 0) is 42.7 Å². The molecule has 4 rings (SSSR count). The van der Waals surface area contributed by atoms with Crippen LogP contribution in [0.2, 0.25) is 0 Å². The molecule has 1 aromatic heterocycles. The fourth-order valence-corrected chi connectivity index (χ4v) is 4.75. The first-order valence-electron chi connectivity index (χ1n) is 11.6. The molecule has 180 valence electrons. The number of para-hydroxylation sites is 1. The van der Waals surface area contributed by atoms with Gasteiger partial charge in [-0.1, -0.05) is 55.9 Å². The molecule has 34 heavy (non-hydrogen) atoms. The molecule has 0 saturated carbocycles. The molecule has 2 heterocycles. The van der Waals surface area contributed by atoms with Crippen molar-refractivity contribution in [3.8, 4) is 5.75 Å². The molecule has 1 amide bonds. The number of hydrogen-bond acceptors (Lipinski definition) is 7. The zero-order valence-corrected chi connectivity index (χ0v) is 20.7. The topological polar surface area (TPSA) is 89.5 Å². The van der Waals surface area contributed by atoms with Gasteiger partial charge >= 0.3 is 0 Å². The average molecular weight is 481 g/mol. The Morgan fingerprint density at radius 3 is 2.32 bits per heavy atom. The smallest absolute Gasteiger partial charge is 0.236 e. The number of anilines is 1. The molecule has 1 saturated heterocycles. The van der Waals surface area contributed by atoms with E-state index in [0.717, 1.165) is 18.8 Å². The van der Waals surface area contributed by atoms with Crippen LogP contribution in [-0.2, 0) is 11.4 Å². The van der Waals surface area contributed by atoms with Crippen molar-refractivity contribution < 1.29 is 9.53 Å². The van der Waals surface area contributed by atoms with Gasteiger partial charge in [0.05, 0.1) is 5.25 Å². The molecule has 0 aliphatic carbocycles. The highest BCUT2D eigenvalue weighted by Crippen LogP contribution is 2.24. The van der Waals surface area contributed by atoms with E-state index in [9.17, 15) is 4.79 Å². The summed E-state index contributed by atoms with van der Waals surface area (Å²) in [5.41, 5.74) is 2.45. The monoisotopic (exact) mass is 480 g/mol. The molecule has 0 bridgehead atoms. The summed E-state index contributed by atoms with van der Waals surface area (Å²) in [6.45, 7) is 9.43. The predicted molar refractivity (Wildman–Crippen MR) is 136 cm³/mol. The van der Waals surface area contributed by atoms with Crippen LogP contribution in [0.1, 0.15) is 38.1 Å². The number of nitrogen functional groups attached to an aromatic ring is 1. The minimum Gasteiger partial charge on any atom is -0.486 e. The first-order valence-corrected chi connectivity index (χ1v) is 12.5. The van der Waals surface area contributed by atoms with E-state index in [1.54, 1.807) is 0 Å². The van der Waals surface area contributed by atoms with Gasteiger partial charge in [-0.15, -0.1) is 10.2 Å². The minimum absolute atomic E-state index is 0.0868. The summed E-state index contributed by atoms with van der Waals surface area (Å²) in [4.78, 5) is 17.2. The number of thioether (sulfide) groups is 1. The maximum absolute atomic E-state index is 13.0. The maximum atomic E-state index is 13.0. The zero-order chi connectivity index (χ0) is 24.1. The van der Waals surface area contributed by atoms with Crippen molar-refractivity contribution >= 4 is 23.4 Å². The molecule has 1 aliphatic rings. The van der Waals surface area contributed by atoms with Crippen LogP contribution >= 0.6 is 11.8 Å². The summed E-state index contributed by atoms with van der Waals surface area (Å²) in [5, 5.41) is 8.52. The fourth-order valence-electron chi connectivity index (χ4n) is 3.87. The SMILES string of the molecule is CC(Sc1nnc(COc2ccc(C(C)C)cc2)n1N)C(=O)N1CCN(c2ccccc2)CC1. The summed E-state index contributed by atoms with van der Waals surface area (Å²) in [5.74, 6) is 8.01. The number of nitrogens with two attached hydrogens (primary N) is 1. The highest BCUT2D eigenvalue weighted by atomic mass is 32.2. The van der Waals surface area contributed by atoms with Gasteiger partial charge in [0.2, 0.25) is 11.1 Å². The molecule has 1 atom stereocenters. The van der Waals surface area contributed by atoms with Crippen molar-refractivity contribution in [3.05, 3.63) is 66.0 Å². The Bertz CT molecular complexity index is 1080. The van der Waals surface area contributed by atoms with Crippen molar-refractivity contribution in [1.29, 1.82) is 0 Å². The second kappa shape index (κ2) is 10.8. The maximum Gasteiger partial charge on any atom is 0.236 e. The van der Waals surface area contributed by atoms with E-state index in [0.29, 0.717) is 30.0 Å². The van der Waals surface area contributed by atoms with Gasteiger partial charge in [0.1, 0.15) is 12.4 Å². The van der Waals surface area contributed by atoms with E-state index in [2.05, 4.69) is 53.2 Å². The van der Waals surface area contributed by atoms with Crippen molar-refractivity contribution in [1.82, 2.24) is 19.8 Å². The van der Waals surface area contributed by atoms with Crippen LogP contribution in [0.4, 0.5) is 5.69 Å². The molecule has 1 unspecified atom stereocenters. The number of ether oxygens (including phenoxy) is 1. The summed E-state index contributed by atoms with van der Waals surface area (Å²) >= 11 is 1.32. The lowest BCUT2D eigenvalue weighted by atomic mass is 10.0. The van der Waals surface area contributed by atoms with Gasteiger partial charge in [-0.2, -0.15) is 0 Å². The van der Waals surface area contributed by atoms with Crippen molar-refractivity contribution in [3.63, 3.8) is 0 Å². The standard InChI is InChI=1S/C25H32N6O2S/c1-18(2)20-9-11-22(12-10-20)33-17-23-27-28-25(31(23)26)34-19(3)24(32)30-15-13-29(14-16-30)21-7-5-4-6-8-21/h4-12,18-19H,13-17,26H2,1-3H3. The van der Waals surface area contributed by atoms with Crippen LogP contribution in [0.3, 0.4) is 0 Å². The van der Waals surface area contributed by atoms with E-state index < -0.39 is 0 Å². The lowest BCUT2D eigenvalue weighted by molar-refractivity contribution is -0.130. The molecule has 0 radical (unpaired) electrons. The fraction of sp³-hybridized carbons (Fsp3) is 0.400. The quantitative estimate of drug-likeness (QED) is 0.390. The summed E-state index contributed by atoms with van der Waals surface area (Å²) in [7, 11) is 0. The van der Waals surface area contributed by atoms with Crippen molar-refractivity contribution in [2.75, 3.05) is 36.9 Å². The number of nitrogens with zero attached hydrogens (tertiary/aromatic N) is 5. The molecular weight excluding hydrogens is 448 g/mol. The Balaban J connectivity index is 1.28. The normalized spacial score (nSPS) is 14.9. The zero-order valence-electron chi connectivity index (χ0n) is 19.9. The Morgan fingerprint density at radius 1 is 1.00 bits per heavy atom. The number of carbonyl (C=O) groups excluding carboxylic acids is 1. The van der Waals surface area contributed by atoms with Crippen molar-refractivity contribution in [2.45, 2.75) is 43.7 Å². The number of amides is 1. The van der Waals surface area contributed by atoms with Gasteiger partial charge in [-0.25, -0.2) is 4.68 Å². The Hall–Kier alpha value is -3.20. The Labute approximate surface area is 205 Å². The third kappa shape index (κ3) is 5.64. The Kier molecular flexibility index (Phi) is 7.62. The lowest BCUT2D eigenvalue weighted by Crippen LogP contribution is -2.50. The van der Waals surface area contributed by atoms with E-state index in [1.165, 1.54) is 27.7 Å². The van der Waals surface area contributed by atoms with E-state index in [1.807, 2.05) is 42.2 Å². The van der Waals surface area contributed by atoms with Crippen LogP contribution in [0.15, 0.2) is 59.8 Å². The third-order valence-corrected chi connectivity index (χ3v) is 7.04. The average Bonchev–Trinajstić information content (AvgIpc) is 3.21. The van der Waals surface area contributed by atoms with Gasteiger partial charge in [0, 0.05) is 31.9 Å². The van der Waals surface area contributed by atoms with Gasteiger partial charge in [0.25, 0.3) is 0 Å². The molecule has 3 aromatic rings. The number of piperazine rings is 1. The van der Waals surface area contributed by atoms with Crippen LogP contribution in [-0.4, -0.2) is 57.1 Å². The van der Waals surface area contributed by atoms with E-state index in [4.69, 9.17) is 10.6 Å². The number of benzene rings is 2. The molecule has 8 nitrogen and oxygen atoms in total. The first-order chi connectivity index (χ1) is 16.4. The van der Waals surface area contributed by atoms with E-state index in [-0.39, 0.29) is 17.8 Å².